The maximum Gasteiger partial charge on any atom is 0.416 e. The molecule has 3 rings (SSSR count). The number of carbonyl (C=O) groups is 1. The van der Waals surface area contributed by atoms with Crippen LogP contribution in [0.3, 0.4) is 0 Å². The van der Waals surface area contributed by atoms with Gasteiger partial charge in [0.1, 0.15) is 17.7 Å². The van der Waals surface area contributed by atoms with Crippen LogP contribution in [0, 0.1) is 11.7 Å². The summed E-state index contributed by atoms with van der Waals surface area (Å²) in [6.07, 6.45) is -2.57. The Balaban J connectivity index is 1.56. The van der Waals surface area contributed by atoms with E-state index in [-0.39, 0.29) is 11.9 Å². The molecule has 1 aliphatic rings. The van der Waals surface area contributed by atoms with Crippen molar-refractivity contribution >= 4 is 5.78 Å². The molecule has 31 heavy (non-hydrogen) atoms. The smallest absolute Gasteiger partial charge is 0.416 e. The van der Waals surface area contributed by atoms with Gasteiger partial charge in [0.2, 0.25) is 0 Å². The normalized spacial score (nSPS) is 16.1. The number of alkyl halides is 3. The number of piperidine rings is 1. The Bertz CT molecular complexity index is 899. The number of ether oxygens (including phenoxy) is 1. The molecule has 7 heteroatoms. The lowest BCUT2D eigenvalue weighted by atomic mass is 9.91. The highest BCUT2D eigenvalue weighted by molar-refractivity contribution is 5.99. The second-order valence-corrected chi connectivity index (χ2v) is 7.65. The van der Waals surface area contributed by atoms with Crippen molar-refractivity contribution in [2.75, 3.05) is 13.1 Å². The number of allylic oxidation sites excluding steroid dienone is 1. The van der Waals surface area contributed by atoms with Gasteiger partial charge in [-0.3, -0.25) is 4.79 Å². The highest BCUT2D eigenvalue weighted by atomic mass is 19.4. The molecule has 1 heterocycles. The molecule has 1 fully saturated rings. The molecular weight excluding hydrogens is 410 g/mol. The number of likely N-dealkylation sites (tertiary alicyclic amines) is 1. The van der Waals surface area contributed by atoms with Gasteiger partial charge in [-0.25, -0.2) is 4.39 Å². The lowest BCUT2D eigenvalue weighted by Crippen LogP contribution is -2.40. The number of Topliss-reactive ketones (excluding diaryl/α,β-unsaturated/α-hetero) is 1. The molecule has 0 bridgehead atoms. The fraction of sp³-hybridized carbons (Fsp3) is 0.375. The van der Waals surface area contributed by atoms with E-state index in [2.05, 4.69) is 11.5 Å². The minimum Gasteiger partial charge on any atom is -0.490 e. The monoisotopic (exact) mass is 435 g/mol. The van der Waals surface area contributed by atoms with E-state index in [0.29, 0.717) is 43.7 Å². The van der Waals surface area contributed by atoms with Crippen molar-refractivity contribution < 1.29 is 27.1 Å². The quantitative estimate of drug-likeness (QED) is 0.388. The minimum absolute atomic E-state index is 0.0874. The van der Waals surface area contributed by atoms with Crippen LogP contribution in [0.2, 0.25) is 0 Å². The van der Waals surface area contributed by atoms with E-state index in [4.69, 9.17) is 4.74 Å². The van der Waals surface area contributed by atoms with Crippen molar-refractivity contribution in [2.45, 2.75) is 38.5 Å². The van der Waals surface area contributed by atoms with Crippen molar-refractivity contribution in [3.63, 3.8) is 0 Å². The zero-order valence-electron chi connectivity index (χ0n) is 17.3. The van der Waals surface area contributed by atoms with Gasteiger partial charge in [-0.15, -0.1) is 0 Å². The molecule has 2 aromatic rings. The molecule has 0 N–H and O–H groups in total. The Morgan fingerprint density at radius 2 is 1.68 bits per heavy atom. The van der Waals surface area contributed by atoms with Crippen LogP contribution in [-0.2, 0) is 6.18 Å². The molecule has 0 radical (unpaired) electrons. The molecule has 1 unspecified atom stereocenters. The van der Waals surface area contributed by atoms with Gasteiger partial charge in [0, 0.05) is 37.2 Å². The maximum atomic E-state index is 13.1. The van der Waals surface area contributed by atoms with E-state index in [1.165, 1.54) is 36.4 Å². The fourth-order valence-corrected chi connectivity index (χ4v) is 3.78. The molecule has 0 aliphatic carbocycles. The Kier molecular flexibility index (Phi) is 7.03. The van der Waals surface area contributed by atoms with Gasteiger partial charge in [0.25, 0.3) is 0 Å². The van der Waals surface area contributed by atoms with Crippen LogP contribution in [0.1, 0.15) is 42.1 Å². The number of nitrogens with zero attached hydrogens (tertiary/aromatic N) is 1. The summed E-state index contributed by atoms with van der Waals surface area (Å²) in [7, 11) is 0. The SMILES string of the molecule is C=C(C(CC)C(=O)c1ccc(F)cc1)N1CCC(Oc2ccc(C(F)(F)F)cc2)CC1. The first-order valence-corrected chi connectivity index (χ1v) is 10.3. The summed E-state index contributed by atoms with van der Waals surface area (Å²) >= 11 is 0. The third kappa shape index (κ3) is 5.66. The second kappa shape index (κ2) is 9.54. The Hall–Kier alpha value is -2.83. The third-order valence-electron chi connectivity index (χ3n) is 5.59. The number of rotatable bonds is 7. The summed E-state index contributed by atoms with van der Waals surface area (Å²) in [5.41, 5.74) is 0.474. The number of benzene rings is 2. The van der Waals surface area contributed by atoms with E-state index < -0.39 is 23.5 Å². The zero-order chi connectivity index (χ0) is 22.6. The van der Waals surface area contributed by atoms with Gasteiger partial charge >= 0.3 is 6.18 Å². The molecule has 2 aromatic carbocycles. The van der Waals surface area contributed by atoms with Gasteiger partial charge < -0.3 is 9.64 Å². The molecule has 0 saturated carbocycles. The predicted molar refractivity (Wildman–Crippen MR) is 110 cm³/mol. The van der Waals surface area contributed by atoms with Crippen LogP contribution < -0.4 is 4.74 Å². The van der Waals surface area contributed by atoms with Crippen LogP contribution in [0.25, 0.3) is 0 Å². The summed E-state index contributed by atoms with van der Waals surface area (Å²) in [6.45, 7) is 7.33. The Labute approximate surface area is 179 Å². The molecule has 1 saturated heterocycles. The first kappa shape index (κ1) is 22.8. The largest absolute Gasteiger partial charge is 0.490 e. The first-order valence-electron chi connectivity index (χ1n) is 10.3. The second-order valence-electron chi connectivity index (χ2n) is 7.65. The lowest BCUT2D eigenvalue weighted by Gasteiger charge is -2.37. The van der Waals surface area contributed by atoms with Crippen molar-refractivity contribution in [3.8, 4) is 5.75 Å². The van der Waals surface area contributed by atoms with Gasteiger partial charge in [-0.05, 0) is 55.0 Å². The van der Waals surface area contributed by atoms with Crippen molar-refractivity contribution in [1.82, 2.24) is 4.90 Å². The number of ketones is 1. The summed E-state index contributed by atoms with van der Waals surface area (Å²) < 4.78 is 57.0. The van der Waals surface area contributed by atoms with Crippen LogP contribution in [-0.4, -0.2) is 29.9 Å². The Morgan fingerprint density at radius 1 is 1.10 bits per heavy atom. The maximum absolute atomic E-state index is 13.1. The van der Waals surface area contributed by atoms with Gasteiger partial charge in [-0.1, -0.05) is 13.5 Å². The average molecular weight is 435 g/mol. The highest BCUT2D eigenvalue weighted by Gasteiger charge is 2.31. The molecule has 166 valence electrons. The van der Waals surface area contributed by atoms with Crippen LogP contribution >= 0.6 is 0 Å². The summed E-state index contributed by atoms with van der Waals surface area (Å²) in [4.78, 5) is 14.9. The van der Waals surface area contributed by atoms with Crippen molar-refractivity contribution in [1.29, 1.82) is 0 Å². The molecule has 0 amide bonds. The molecular formula is C24H25F4NO2. The van der Waals surface area contributed by atoms with Crippen molar-refractivity contribution in [2.24, 2.45) is 5.92 Å². The average Bonchev–Trinajstić information content (AvgIpc) is 2.75. The van der Waals surface area contributed by atoms with Crippen LogP contribution in [0.5, 0.6) is 5.75 Å². The number of hydrogen-bond acceptors (Lipinski definition) is 3. The number of hydrogen-bond donors (Lipinski definition) is 0. The molecule has 3 nitrogen and oxygen atoms in total. The molecule has 1 aliphatic heterocycles. The van der Waals surface area contributed by atoms with Gasteiger partial charge in [0.05, 0.1) is 11.5 Å². The van der Waals surface area contributed by atoms with Crippen LogP contribution in [0.4, 0.5) is 17.6 Å². The standard InChI is InChI=1S/C24H25F4NO2/c1-3-22(23(30)17-4-8-19(25)9-5-17)16(2)29-14-12-21(13-15-29)31-20-10-6-18(7-11-20)24(26,27)28/h4-11,21-22H,2-3,12-15H2,1H3. The van der Waals surface area contributed by atoms with Gasteiger partial charge in [-0.2, -0.15) is 13.2 Å². The highest BCUT2D eigenvalue weighted by Crippen LogP contribution is 2.31. The summed E-state index contributed by atoms with van der Waals surface area (Å²) in [5, 5.41) is 0. The van der Waals surface area contributed by atoms with Gasteiger partial charge in [0.15, 0.2) is 5.78 Å². The van der Waals surface area contributed by atoms with E-state index in [1.807, 2.05) is 6.92 Å². The summed E-state index contributed by atoms with van der Waals surface area (Å²) in [6, 6.07) is 10.2. The number of halogens is 4. The molecule has 1 atom stereocenters. The minimum atomic E-state index is -4.37. The zero-order valence-corrected chi connectivity index (χ0v) is 17.3. The van der Waals surface area contributed by atoms with Crippen LogP contribution in [0.15, 0.2) is 60.8 Å². The Morgan fingerprint density at radius 3 is 2.19 bits per heavy atom. The van der Waals surface area contributed by atoms with Crippen molar-refractivity contribution in [3.05, 3.63) is 77.8 Å². The van der Waals surface area contributed by atoms with E-state index >= 15 is 0 Å². The third-order valence-corrected chi connectivity index (χ3v) is 5.59. The number of carbonyl (C=O) groups excluding carboxylic acids is 1. The topological polar surface area (TPSA) is 29.5 Å². The molecule has 0 aromatic heterocycles. The van der Waals surface area contributed by atoms with E-state index in [9.17, 15) is 22.4 Å². The molecule has 0 spiro atoms. The summed E-state index contributed by atoms with van der Waals surface area (Å²) in [5.74, 6) is -0.463. The van der Waals surface area contributed by atoms with E-state index in [1.54, 1.807) is 0 Å². The fourth-order valence-electron chi connectivity index (χ4n) is 3.78. The first-order chi connectivity index (χ1) is 14.7. The lowest BCUT2D eigenvalue weighted by molar-refractivity contribution is -0.137. The van der Waals surface area contributed by atoms with E-state index in [0.717, 1.165) is 17.8 Å². The predicted octanol–water partition coefficient (Wildman–Crippen LogP) is 6.11.